The Bertz CT molecular complexity index is 1800. The maximum atomic E-state index is 13.0. The molecule has 1 amide bonds. The molecule has 44 heavy (non-hydrogen) atoms. The minimum atomic E-state index is -0.978. The van der Waals surface area contributed by atoms with Crippen LogP contribution in [0.4, 0.5) is 5.69 Å². The van der Waals surface area contributed by atoms with Crippen LogP contribution < -0.4 is 5.32 Å². The van der Waals surface area contributed by atoms with Crippen LogP contribution in [0.15, 0.2) is 108 Å². The van der Waals surface area contributed by atoms with Crippen LogP contribution in [-0.4, -0.2) is 43.9 Å². The summed E-state index contributed by atoms with van der Waals surface area (Å²) in [5, 5.41) is 22.0. The molecule has 1 saturated heterocycles. The second kappa shape index (κ2) is 13.4. The van der Waals surface area contributed by atoms with E-state index in [0.29, 0.717) is 39.4 Å². The van der Waals surface area contributed by atoms with Crippen molar-refractivity contribution < 1.29 is 29.3 Å². The molecule has 1 aliphatic heterocycles. The van der Waals surface area contributed by atoms with Crippen LogP contribution in [0.2, 0.25) is 0 Å². The van der Waals surface area contributed by atoms with Crippen molar-refractivity contribution in [3.63, 3.8) is 0 Å². The number of nitrogens with one attached hydrogen (secondary N) is 1. The zero-order chi connectivity index (χ0) is 30.5. The van der Waals surface area contributed by atoms with Gasteiger partial charge >= 0.3 is 5.97 Å². The van der Waals surface area contributed by atoms with E-state index >= 15 is 0 Å². The van der Waals surface area contributed by atoms with Crippen LogP contribution in [0, 0.1) is 0 Å². The summed E-state index contributed by atoms with van der Waals surface area (Å²) in [6, 6.07) is 29.1. The lowest BCUT2D eigenvalue weighted by molar-refractivity contribution is -0.245. The highest BCUT2D eigenvalue weighted by Crippen LogP contribution is 2.40. The smallest absolute Gasteiger partial charge is 0.336 e. The fraction of sp³-hybridized carbons (Fsp3) is 0.176. The van der Waals surface area contributed by atoms with Crippen molar-refractivity contribution >= 4 is 40.4 Å². The number of aliphatic hydroxyl groups excluding tert-OH is 1. The number of carboxylic acid groups (broad SMARTS) is 1. The highest BCUT2D eigenvalue weighted by molar-refractivity contribution is 7.99. The lowest BCUT2D eigenvalue weighted by Gasteiger charge is -2.36. The average molecular weight is 608 g/mol. The Labute approximate surface area is 257 Å². The third kappa shape index (κ3) is 6.79. The quantitative estimate of drug-likeness (QED) is 0.163. The van der Waals surface area contributed by atoms with Crippen molar-refractivity contribution in [2.24, 2.45) is 0 Å². The lowest BCUT2D eigenvalue weighted by Crippen LogP contribution is -2.31. The predicted molar refractivity (Wildman–Crippen MR) is 166 cm³/mol. The number of hydrogen-bond acceptors (Lipinski definition) is 8. The number of carbonyl (C=O) groups excluding carboxylic acids is 1. The highest BCUT2D eigenvalue weighted by Gasteiger charge is 2.32. The number of fused-ring (bicyclic) bond motifs is 1. The van der Waals surface area contributed by atoms with Gasteiger partial charge in [-0.25, -0.2) is 9.78 Å². The van der Waals surface area contributed by atoms with Gasteiger partial charge in [-0.3, -0.25) is 9.78 Å². The second-order valence-corrected chi connectivity index (χ2v) is 11.3. The SMILES string of the molecule is O=C(Nc1cccc([C@@H]2O[C@H](CSc3ccccc3C(=O)O)C[C@H](c3ccc(CO)cc3)O2)c1)c1cnc2ccccc2n1. The fourth-order valence-corrected chi connectivity index (χ4v) is 6.07. The van der Waals surface area contributed by atoms with Gasteiger partial charge in [0.15, 0.2) is 6.29 Å². The Balaban J connectivity index is 1.22. The number of thioether (sulfide) groups is 1. The fourth-order valence-electron chi connectivity index (χ4n) is 5.00. The van der Waals surface area contributed by atoms with Crippen molar-refractivity contribution in [1.29, 1.82) is 0 Å². The summed E-state index contributed by atoms with van der Waals surface area (Å²) in [5.41, 5.74) is 4.78. The van der Waals surface area contributed by atoms with Crippen molar-refractivity contribution in [2.75, 3.05) is 11.1 Å². The van der Waals surface area contributed by atoms with Gasteiger partial charge in [-0.2, -0.15) is 0 Å². The van der Waals surface area contributed by atoms with Crippen molar-refractivity contribution in [1.82, 2.24) is 9.97 Å². The molecule has 5 aromatic rings. The predicted octanol–water partition coefficient (Wildman–Crippen LogP) is 6.41. The van der Waals surface area contributed by atoms with E-state index in [9.17, 15) is 19.8 Å². The van der Waals surface area contributed by atoms with Crippen LogP contribution in [0.1, 0.15) is 56.4 Å². The molecule has 0 saturated carbocycles. The van der Waals surface area contributed by atoms with E-state index in [1.807, 2.05) is 60.7 Å². The first kappa shape index (κ1) is 29.5. The lowest BCUT2D eigenvalue weighted by atomic mass is 10.0. The van der Waals surface area contributed by atoms with E-state index in [4.69, 9.17) is 9.47 Å². The molecule has 1 fully saturated rings. The standard InChI is InChI=1S/C34H29N3O6S/c38-19-21-12-14-22(15-13-21)30-17-25(20-44-31-11-4-1-8-26(31)33(40)41)42-34(43-30)23-6-5-7-24(16-23)36-32(39)29-18-35-27-9-2-3-10-28(27)37-29/h1-16,18,25,30,34,38H,17,19-20H2,(H,36,39)(H,40,41)/t25-,30+,34+/m0/s1. The second-order valence-electron chi connectivity index (χ2n) is 10.3. The molecule has 1 aliphatic rings. The number of aliphatic hydroxyl groups is 1. The third-order valence-electron chi connectivity index (χ3n) is 7.26. The summed E-state index contributed by atoms with van der Waals surface area (Å²) in [5.74, 6) is -0.861. The van der Waals surface area contributed by atoms with Gasteiger partial charge in [0.1, 0.15) is 5.69 Å². The molecular formula is C34H29N3O6S. The van der Waals surface area contributed by atoms with Crippen LogP contribution in [0.25, 0.3) is 11.0 Å². The van der Waals surface area contributed by atoms with Crippen molar-refractivity contribution in [2.45, 2.75) is 36.4 Å². The summed E-state index contributed by atoms with van der Waals surface area (Å²) in [7, 11) is 0. The molecule has 9 nitrogen and oxygen atoms in total. The van der Waals surface area contributed by atoms with Gasteiger partial charge in [0, 0.05) is 28.3 Å². The van der Waals surface area contributed by atoms with Crippen molar-refractivity contribution in [3.05, 3.63) is 131 Å². The van der Waals surface area contributed by atoms with Gasteiger partial charge in [0.2, 0.25) is 0 Å². The number of benzene rings is 4. The average Bonchev–Trinajstić information content (AvgIpc) is 3.07. The molecule has 0 radical (unpaired) electrons. The van der Waals surface area contributed by atoms with E-state index in [0.717, 1.165) is 11.1 Å². The number of aromatic nitrogens is 2. The van der Waals surface area contributed by atoms with Crippen molar-refractivity contribution in [3.8, 4) is 0 Å². The molecule has 0 unspecified atom stereocenters. The number of hydrogen-bond donors (Lipinski definition) is 3. The Morgan fingerprint density at radius 3 is 2.45 bits per heavy atom. The summed E-state index contributed by atoms with van der Waals surface area (Å²) in [6.07, 6.45) is 0.673. The minimum Gasteiger partial charge on any atom is -0.478 e. The molecule has 3 atom stereocenters. The van der Waals surface area contributed by atoms with Crippen LogP contribution >= 0.6 is 11.8 Å². The molecule has 222 valence electrons. The first-order valence-electron chi connectivity index (χ1n) is 14.1. The molecule has 4 aromatic carbocycles. The number of ether oxygens (including phenoxy) is 2. The minimum absolute atomic E-state index is 0.0525. The van der Waals surface area contributed by atoms with Gasteiger partial charge in [0.25, 0.3) is 5.91 Å². The zero-order valence-corrected chi connectivity index (χ0v) is 24.3. The molecule has 6 rings (SSSR count). The normalized spacial score (nSPS) is 18.2. The Morgan fingerprint density at radius 1 is 0.886 bits per heavy atom. The molecular weight excluding hydrogens is 578 g/mol. The van der Waals surface area contributed by atoms with Gasteiger partial charge in [-0.05, 0) is 47.5 Å². The topological polar surface area (TPSA) is 131 Å². The number of carbonyl (C=O) groups is 2. The van der Waals surface area contributed by atoms with Crippen LogP contribution in [0.5, 0.6) is 0 Å². The van der Waals surface area contributed by atoms with Gasteiger partial charge in [-0.1, -0.05) is 60.7 Å². The molecule has 1 aromatic heterocycles. The number of carboxylic acids is 1. The molecule has 3 N–H and O–H groups in total. The number of amides is 1. The van der Waals surface area contributed by atoms with E-state index in [-0.39, 0.29) is 36.0 Å². The maximum absolute atomic E-state index is 13.0. The number of anilines is 1. The first-order chi connectivity index (χ1) is 21.5. The van der Waals surface area contributed by atoms with E-state index in [2.05, 4.69) is 15.3 Å². The van der Waals surface area contributed by atoms with Gasteiger partial charge in [0.05, 0.1) is 41.6 Å². The monoisotopic (exact) mass is 607 g/mol. The maximum Gasteiger partial charge on any atom is 0.336 e. The number of nitrogens with zero attached hydrogens (tertiary/aromatic N) is 2. The molecule has 10 heteroatoms. The molecule has 0 spiro atoms. The van der Waals surface area contributed by atoms with E-state index in [1.54, 1.807) is 36.4 Å². The zero-order valence-electron chi connectivity index (χ0n) is 23.5. The number of aromatic carboxylic acids is 1. The largest absolute Gasteiger partial charge is 0.478 e. The van der Waals surface area contributed by atoms with Gasteiger partial charge in [-0.15, -0.1) is 11.8 Å². The number of rotatable bonds is 9. The summed E-state index contributed by atoms with van der Waals surface area (Å²) in [4.78, 5) is 34.2. The summed E-state index contributed by atoms with van der Waals surface area (Å²) < 4.78 is 12.9. The van der Waals surface area contributed by atoms with E-state index < -0.39 is 12.3 Å². The molecule has 0 bridgehead atoms. The highest BCUT2D eigenvalue weighted by atomic mass is 32.2. The summed E-state index contributed by atoms with van der Waals surface area (Å²) in [6.45, 7) is -0.0525. The third-order valence-corrected chi connectivity index (χ3v) is 8.46. The van der Waals surface area contributed by atoms with E-state index in [1.165, 1.54) is 18.0 Å². The summed E-state index contributed by atoms with van der Waals surface area (Å²) >= 11 is 1.43. The first-order valence-corrected chi connectivity index (χ1v) is 15.0. The Morgan fingerprint density at radius 2 is 1.66 bits per heavy atom. The van der Waals surface area contributed by atoms with Gasteiger partial charge < -0.3 is 25.0 Å². The Hall–Kier alpha value is -4.61. The van der Waals surface area contributed by atoms with Crippen LogP contribution in [0.3, 0.4) is 0 Å². The molecule has 0 aliphatic carbocycles. The molecule has 2 heterocycles. The Kier molecular flexibility index (Phi) is 8.94. The number of para-hydroxylation sites is 2. The van der Waals surface area contributed by atoms with Crippen LogP contribution in [-0.2, 0) is 16.1 Å².